The molecule has 3 aromatic rings. The molecule has 30 heavy (non-hydrogen) atoms. The highest BCUT2D eigenvalue weighted by molar-refractivity contribution is 6.31. The third-order valence-corrected chi connectivity index (χ3v) is 5.45. The SMILES string of the molecule is COc1ccc(-c2cc(N3CCC[C@H](NC(=O)c4cc(Cl)ccc4F)C3)n[nH]2)cc1. The molecular weight excluding hydrogens is 407 g/mol. The molecule has 0 unspecified atom stereocenters. The zero-order valence-corrected chi connectivity index (χ0v) is 17.2. The maximum atomic E-state index is 14.0. The average Bonchev–Trinajstić information content (AvgIpc) is 3.26. The van der Waals surface area contributed by atoms with Crippen molar-refractivity contribution in [1.29, 1.82) is 0 Å². The Hall–Kier alpha value is -3.06. The van der Waals surface area contributed by atoms with Crippen LogP contribution in [0.4, 0.5) is 10.2 Å². The molecule has 2 aromatic carbocycles. The van der Waals surface area contributed by atoms with Gasteiger partial charge in [-0.25, -0.2) is 4.39 Å². The van der Waals surface area contributed by atoms with Crippen LogP contribution in [0.2, 0.25) is 5.02 Å². The Kier molecular flexibility index (Phi) is 5.90. The summed E-state index contributed by atoms with van der Waals surface area (Å²) in [6.07, 6.45) is 1.72. The fourth-order valence-electron chi connectivity index (χ4n) is 3.63. The molecule has 0 aliphatic carbocycles. The molecule has 2 heterocycles. The number of hydrogen-bond acceptors (Lipinski definition) is 4. The number of carbonyl (C=O) groups is 1. The number of nitrogens with one attached hydrogen (secondary N) is 2. The lowest BCUT2D eigenvalue weighted by molar-refractivity contribution is 0.0929. The number of ether oxygens (including phenoxy) is 1. The molecule has 0 bridgehead atoms. The highest BCUT2D eigenvalue weighted by Crippen LogP contribution is 2.26. The highest BCUT2D eigenvalue weighted by Gasteiger charge is 2.24. The molecule has 0 radical (unpaired) electrons. The predicted molar refractivity (Wildman–Crippen MR) is 115 cm³/mol. The zero-order chi connectivity index (χ0) is 21.1. The molecule has 1 amide bonds. The molecule has 1 aliphatic heterocycles. The van der Waals surface area contributed by atoms with Crippen LogP contribution < -0.4 is 15.0 Å². The summed E-state index contributed by atoms with van der Waals surface area (Å²) < 4.78 is 19.2. The molecular formula is C22H22ClFN4O2. The fraction of sp³-hybridized carbons (Fsp3) is 0.273. The quantitative estimate of drug-likeness (QED) is 0.636. The molecule has 156 valence electrons. The van der Waals surface area contributed by atoms with Gasteiger partial charge >= 0.3 is 0 Å². The fourth-order valence-corrected chi connectivity index (χ4v) is 3.80. The van der Waals surface area contributed by atoms with Gasteiger partial charge in [0, 0.05) is 30.2 Å². The summed E-state index contributed by atoms with van der Waals surface area (Å²) in [6.45, 7) is 1.44. The van der Waals surface area contributed by atoms with Gasteiger partial charge in [0.2, 0.25) is 0 Å². The first-order valence-electron chi connectivity index (χ1n) is 9.74. The summed E-state index contributed by atoms with van der Waals surface area (Å²) in [5, 5.41) is 10.8. The first-order chi connectivity index (χ1) is 14.5. The number of aromatic amines is 1. The monoisotopic (exact) mass is 428 g/mol. The van der Waals surface area contributed by atoms with Crippen molar-refractivity contribution < 1.29 is 13.9 Å². The van der Waals surface area contributed by atoms with Crippen molar-refractivity contribution in [3.63, 3.8) is 0 Å². The number of hydrogen-bond donors (Lipinski definition) is 2. The average molecular weight is 429 g/mol. The second-order valence-electron chi connectivity index (χ2n) is 7.25. The molecule has 1 fully saturated rings. The maximum Gasteiger partial charge on any atom is 0.254 e. The van der Waals surface area contributed by atoms with Gasteiger partial charge in [-0.15, -0.1) is 0 Å². The van der Waals surface area contributed by atoms with E-state index in [2.05, 4.69) is 20.4 Å². The lowest BCUT2D eigenvalue weighted by Crippen LogP contribution is -2.48. The van der Waals surface area contributed by atoms with Crippen LogP contribution in [0.15, 0.2) is 48.5 Å². The minimum absolute atomic E-state index is 0.0406. The number of rotatable bonds is 5. The minimum Gasteiger partial charge on any atom is -0.497 e. The zero-order valence-electron chi connectivity index (χ0n) is 16.5. The van der Waals surface area contributed by atoms with E-state index in [1.165, 1.54) is 18.2 Å². The predicted octanol–water partition coefficient (Wildman–Crippen LogP) is 4.28. The summed E-state index contributed by atoms with van der Waals surface area (Å²) >= 11 is 5.90. The van der Waals surface area contributed by atoms with Gasteiger partial charge in [-0.2, -0.15) is 5.10 Å². The topological polar surface area (TPSA) is 70.2 Å². The van der Waals surface area contributed by atoms with E-state index < -0.39 is 11.7 Å². The summed E-state index contributed by atoms with van der Waals surface area (Å²) in [7, 11) is 1.63. The Morgan fingerprint density at radius 1 is 1.27 bits per heavy atom. The largest absolute Gasteiger partial charge is 0.497 e. The second kappa shape index (κ2) is 8.75. The first-order valence-corrected chi connectivity index (χ1v) is 10.1. The molecule has 1 aromatic heterocycles. The number of halogens is 2. The van der Waals surface area contributed by atoms with E-state index >= 15 is 0 Å². The summed E-state index contributed by atoms with van der Waals surface area (Å²) in [5.41, 5.74) is 1.87. The van der Waals surface area contributed by atoms with E-state index in [9.17, 15) is 9.18 Å². The lowest BCUT2D eigenvalue weighted by Gasteiger charge is -2.33. The van der Waals surface area contributed by atoms with Crippen LogP contribution in [0, 0.1) is 5.82 Å². The van der Waals surface area contributed by atoms with E-state index in [1.54, 1.807) is 7.11 Å². The van der Waals surface area contributed by atoms with Crippen LogP contribution in [0.1, 0.15) is 23.2 Å². The summed E-state index contributed by atoms with van der Waals surface area (Å²) in [4.78, 5) is 14.6. The third kappa shape index (κ3) is 4.41. The van der Waals surface area contributed by atoms with Crippen LogP contribution in [0.25, 0.3) is 11.3 Å². The number of H-pyrrole nitrogens is 1. The van der Waals surface area contributed by atoms with Crippen LogP contribution >= 0.6 is 11.6 Å². The van der Waals surface area contributed by atoms with Gasteiger partial charge < -0.3 is 15.0 Å². The van der Waals surface area contributed by atoms with Crippen molar-refractivity contribution in [1.82, 2.24) is 15.5 Å². The molecule has 8 heteroatoms. The van der Waals surface area contributed by atoms with Crippen LogP contribution in [0.3, 0.4) is 0 Å². The minimum atomic E-state index is -0.582. The lowest BCUT2D eigenvalue weighted by atomic mass is 10.0. The Labute approximate surface area is 179 Å². The van der Waals surface area contributed by atoms with Crippen molar-refractivity contribution >= 4 is 23.3 Å². The van der Waals surface area contributed by atoms with Gasteiger partial charge in [-0.05, 0) is 60.9 Å². The molecule has 1 atom stereocenters. The van der Waals surface area contributed by atoms with Crippen LogP contribution in [-0.4, -0.2) is 42.3 Å². The third-order valence-electron chi connectivity index (χ3n) is 5.22. The number of aromatic nitrogens is 2. The van der Waals surface area contributed by atoms with Crippen LogP contribution in [-0.2, 0) is 0 Å². The van der Waals surface area contributed by atoms with Gasteiger partial charge in [0.25, 0.3) is 5.91 Å². The molecule has 6 nitrogen and oxygen atoms in total. The maximum absolute atomic E-state index is 14.0. The van der Waals surface area contributed by atoms with E-state index in [-0.39, 0.29) is 11.6 Å². The van der Waals surface area contributed by atoms with Crippen LogP contribution in [0.5, 0.6) is 5.75 Å². The van der Waals surface area contributed by atoms with Crippen molar-refractivity contribution in [2.24, 2.45) is 0 Å². The van der Waals surface area contributed by atoms with E-state index in [1.807, 2.05) is 30.3 Å². The molecule has 4 rings (SSSR count). The van der Waals surface area contributed by atoms with Gasteiger partial charge in [-0.1, -0.05) is 11.6 Å². The molecule has 0 saturated carbocycles. The normalized spacial score (nSPS) is 16.4. The van der Waals surface area contributed by atoms with E-state index in [0.29, 0.717) is 11.6 Å². The van der Waals surface area contributed by atoms with Crippen molar-refractivity contribution in [3.05, 3.63) is 64.9 Å². The number of nitrogens with zero attached hydrogens (tertiary/aromatic N) is 2. The Morgan fingerprint density at radius 3 is 2.83 bits per heavy atom. The van der Waals surface area contributed by atoms with Gasteiger partial charge in [0.1, 0.15) is 11.6 Å². The second-order valence-corrected chi connectivity index (χ2v) is 7.69. The Bertz CT molecular complexity index is 1040. The highest BCUT2D eigenvalue weighted by atomic mass is 35.5. The van der Waals surface area contributed by atoms with Gasteiger partial charge in [0.15, 0.2) is 5.82 Å². The van der Waals surface area contributed by atoms with E-state index in [0.717, 1.165) is 42.2 Å². The Morgan fingerprint density at radius 2 is 2.07 bits per heavy atom. The number of carbonyl (C=O) groups excluding carboxylic acids is 1. The van der Waals surface area contributed by atoms with Crippen molar-refractivity contribution in [3.8, 4) is 17.0 Å². The molecule has 1 saturated heterocycles. The number of benzene rings is 2. The van der Waals surface area contributed by atoms with E-state index in [4.69, 9.17) is 16.3 Å². The molecule has 2 N–H and O–H groups in total. The number of methoxy groups -OCH3 is 1. The standard InChI is InChI=1S/C22H22ClFN4O2/c1-30-17-7-4-14(5-8-17)20-12-21(27-26-20)28-10-2-3-16(13-28)25-22(29)18-11-15(23)6-9-19(18)24/h4-9,11-12,16H,2-3,10,13H2,1H3,(H,25,29)(H,26,27)/t16-/m0/s1. The number of piperidine rings is 1. The Balaban J connectivity index is 1.43. The first kappa shape index (κ1) is 20.2. The van der Waals surface area contributed by atoms with Crippen molar-refractivity contribution in [2.45, 2.75) is 18.9 Å². The number of anilines is 1. The number of amides is 1. The van der Waals surface area contributed by atoms with Gasteiger partial charge in [0.05, 0.1) is 18.4 Å². The van der Waals surface area contributed by atoms with Gasteiger partial charge in [-0.3, -0.25) is 9.89 Å². The van der Waals surface area contributed by atoms with Crippen molar-refractivity contribution in [2.75, 3.05) is 25.1 Å². The summed E-state index contributed by atoms with van der Waals surface area (Å²) in [6, 6.07) is 13.6. The summed E-state index contributed by atoms with van der Waals surface area (Å²) in [5.74, 6) is 0.571. The molecule has 0 spiro atoms. The smallest absolute Gasteiger partial charge is 0.254 e. The molecule has 1 aliphatic rings.